The minimum absolute atomic E-state index is 0.00787. The molecular weight excluding hydrogens is 253 g/mol. The summed E-state index contributed by atoms with van der Waals surface area (Å²) in [5, 5.41) is 3.39. The Morgan fingerprint density at radius 3 is 2.35 bits per heavy atom. The molecule has 3 nitrogen and oxygen atoms in total. The Morgan fingerprint density at radius 2 is 2.00 bits per heavy atom. The zero-order chi connectivity index (χ0) is 13.3. The third-order valence-electron chi connectivity index (χ3n) is 2.13. The van der Waals surface area contributed by atoms with Crippen LogP contribution in [-0.2, 0) is 0 Å². The number of aromatic nitrogens is 1. The molecule has 7 heteroatoms. The Kier molecular flexibility index (Phi) is 3.81. The Bertz CT molecular complexity index is 367. The highest BCUT2D eigenvalue weighted by Gasteiger charge is 2.47. The molecule has 0 saturated carbocycles. The molecule has 0 fully saturated rings. The number of hydrogen-bond donors (Lipinski definition) is 1. The van der Waals surface area contributed by atoms with Gasteiger partial charge in [0.05, 0.1) is 5.51 Å². The first-order valence-electron chi connectivity index (χ1n) is 4.88. The molecule has 1 atom stereocenters. The lowest BCUT2D eigenvalue weighted by atomic mass is 9.86. The van der Waals surface area contributed by atoms with Gasteiger partial charge in [-0.3, -0.25) is 4.79 Å². The lowest BCUT2D eigenvalue weighted by molar-refractivity contribution is -0.174. The highest BCUT2D eigenvalue weighted by atomic mass is 32.1. The Balaban J connectivity index is 2.85. The van der Waals surface area contributed by atoms with Gasteiger partial charge in [-0.2, -0.15) is 13.2 Å². The van der Waals surface area contributed by atoms with Crippen LogP contribution in [0.1, 0.15) is 31.3 Å². The Hall–Kier alpha value is -1.11. The summed E-state index contributed by atoms with van der Waals surface area (Å²) in [6.07, 6.45) is -4.48. The first-order valence-corrected chi connectivity index (χ1v) is 5.82. The van der Waals surface area contributed by atoms with Crippen molar-refractivity contribution in [3.05, 3.63) is 16.6 Å². The number of carbonyl (C=O) groups is 1. The van der Waals surface area contributed by atoms with Crippen molar-refractivity contribution in [1.82, 2.24) is 10.3 Å². The summed E-state index contributed by atoms with van der Waals surface area (Å²) in [6, 6.07) is -1.90. The average molecular weight is 266 g/mol. The van der Waals surface area contributed by atoms with E-state index in [1.807, 2.05) is 5.32 Å². The van der Waals surface area contributed by atoms with Gasteiger partial charge in [0.15, 0.2) is 0 Å². The van der Waals surface area contributed by atoms with E-state index in [4.69, 9.17) is 0 Å². The van der Waals surface area contributed by atoms with Crippen molar-refractivity contribution in [1.29, 1.82) is 0 Å². The molecule has 96 valence electrons. The predicted molar refractivity (Wildman–Crippen MR) is 58.9 cm³/mol. The maximum atomic E-state index is 12.8. The molecule has 0 radical (unpaired) electrons. The summed E-state index contributed by atoms with van der Waals surface area (Å²) in [4.78, 5) is 15.2. The van der Waals surface area contributed by atoms with Crippen LogP contribution in [0.25, 0.3) is 0 Å². The summed E-state index contributed by atoms with van der Waals surface area (Å²) in [7, 11) is 0. The van der Waals surface area contributed by atoms with Crippen molar-refractivity contribution in [3.8, 4) is 0 Å². The fourth-order valence-corrected chi connectivity index (χ4v) is 1.85. The highest BCUT2D eigenvalue weighted by molar-refractivity contribution is 7.07. The van der Waals surface area contributed by atoms with Crippen molar-refractivity contribution in [3.63, 3.8) is 0 Å². The van der Waals surface area contributed by atoms with Crippen molar-refractivity contribution in [2.75, 3.05) is 0 Å². The molecule has 1 heterocycles. The van der Waals surface area contributed by atoms with Gasteiger partial charge in [0, 0.05) is 5.38 Å². The van der Waals surface area contributed by atoms with Gasteiger partial charge in [-0.1, -0.05) is 20.8 Å². The SMILES string of the molecule is CC(C)(C)[C@H](NC(=O)c1cscn1)C(F)(F)F. The van der Waals surface area contributed by atoms with Crippen LogP contribution in [-0.4, -0.2) is 23.1 Å². The van der Waals surface area contributed by atoms with Crippen LogP contribution in [0.5, 0.6) is 0 Å². The molecule has 0 saturated heterocycles. The van der Waals surface area contributed by atoms with Crippen LogP contribution in [0, 0.1) is 5.41 Å². The molecule has 1 amide bonds. The molecule has 1 rings (SSSR count). The van der Waals surface area contributed by atoms with Gasteiger partial charge >= 0.3 is 6.18 Å². The standard InChI is InChI=1S/C10H13F3N2OS/c1-9(2,3)8(10(11,12)13)15-7(16)6-4-17-5-14-6/h4-5,8H,1-3H3,(H,15,16)/t8-/m0/s1. The molecule has 0 aliphatic heterocycles. The number of halogens is 3. The normalized spacial score (nSPS) is 14.5. The summed E-state index contributed by atoms with van der Waals surface area (Å²) >= 11 is 1.16. The maximum Gasteiger partial charge on any atom is 0.409 e. The van der Waals surface area contributed by atoms with Crippen LogP contribution in [0.4, 0.5) is 13.2 Å². The first-order chi connectivity index (χ1) is 7.62. The number of carbonyl (C=O) groups excluding carboxylic acids is 1. The average Bonchev–Trinajstić information content (AvgIpc) is 2.62. The second-order valence-electron chi connectivity index (χ2n) is 4.69. The minimum atomic E-state index is -4.48. The largest absolute Gasteiger partial charge is 0.409 e. The lowest BCUT2D eigenvalue weighted by Crippen LogP contribution is -2.53. The number of amides is 1. The second-order valence-corrected chi connectivity index (χ2v) is 5.41. The molecule has 1 aromatic rings. The monoisotopic (exact) mass is 266 g/mol. The molecule has 0 aromatic carbocycles. The quantitative estimate of drug-likeness (QED) is 0.894. The molecule has 17 heavy (non-hydrogen) atoms. The van der Waals surface area contributed by atoms with E-state index in [0.29, 0.717) is 0 Å². The molecular formula is C10H13F3N2OS. The summed E-state index contributed by atoms with van der Waals surface area (Å²) in [6.45, 7) is 4.27. The van der Waals surface area contributed by atoms with E-state index in [9.17, 15) is 18.0 Å². The smallest absolute Gasteiger partial charge is 0.338 e. The highest BCUT2D eigenvalue weighted by Crippen LogP contribution is 2.33. The number of nitrogens with one attached hydrogen (secondary N) is 1. The number of nitrogens with zero attached hydrogens (tertiary/aromatic N) is 1. The third kappa shape index (κ3) is 3.69. The first kappa shape index (κ1) is 14.0. The fraction of sp³-hybridized carbons (Fsp3) is 0.600. The van der Waals surface area contributed by atoms with Gasteiger partial charge in [0.2, 0.25) is 0 Å². The predicted octanol–water partition coefficient (Wildman–Crippen LogP) is 2.85. The Morgan fingerprint density at radius 1 is 1.41 bits per heavy atom. The molecule has 0 aliphatic carbocycles. The van der Waals surface area contributed by atoms with Crippen molar-refractivity contribution < 1.29 is 18.0 Å². The van der Waals surface area contributed by atoms with E-state index in [2.05, 4.69) is 4.98 Å². The minimum Gasteiger partial charge on any atom is -0.338 e. The van der Waals surface area contributed by atoms with Crippen molar-refractivity contribution in [2.24, 2.45) is 5.41 Å². The molecule has 0 aliphatic rings. The number of rotatable bonds is 2. The van der Waals surface area contributed by atoms with Crippen LogP contribution >= 0.6 is 11.3 Å². The van der Waals surface area contributed by atoms with E-state index in [0.717, 1.165) is 11.3 Å². The van der Waals surface area contributed by atoms with Crippen LogP contribution in [0.15, 0.2) is 10.9 Å². The van der Waals surface area contributed by atoms with Crippen molar-refractivity contribution >= 4 is 17.2 Å². The third-order valence-corrected chi connectivity index (χ3v) is 2.72. The van der Waals surface area contributed by atoms with Crippen LogP contribution < -0.4 is 5.32 Å². The second kappa shape index (κ2) is 4.64. The van der Waals surface area contributed by atoms with Gasteiger partial charge in [-0.05, 0) is 5.41 Å². The van der Waals surface area contributed by atoms with E-state index < -0.39 is 23.5 Å². The summed E-state index contributed by atoms with van der Waals surface area (Å²) < 4.78 is 38.4. The Labute approximate surface area is 101 Å². The summed E-state index contributed by atoms with van der Waals surface area (Å²) in [5.74, 6) is -0.802. The van der Waals surface area contributed by atoms with Gasteiger partial charge in [0.1, 0.15) is 11.7 Å². The van der Waals surface area contributed by atoms with Gasteiger partial charge in [-0.25, -0.2) is 4.98 Å². The maximum absolute atomic E-state index is 12.8. The molecule has 1 N–H and O–H groups in total. The zero-order valence-electron chi connectivity index (χ0n) is 9.63. The van der Waals surface area contributed by atoms with Crippen LogP contribution in [0.2, 0.25) is 0 Å². The van der Waals surface area contributed by atoms with Crippen LogP contribution in [0.3, 0.4) is 0 Å². The molecule has 0 bridgehead atoms. The number of hydrogen-bond acceptors (Lipinski definition) is 3. The zero-order valence-corrected chi connectivity index (χ0v) is 10.4. The molecule has 1 aromatic heterocycles. The van der Waals surface area contributed by atoms with E-state index in [-0.39, 0.29) is 5.69 Å². The van der Waals surface area contributed by atoms with E-state index in [1.54, 1.807) is 0 Å². The molecule has 0 spiro atoms. The number of alkyl halides is 3. The van der Waals surface area contributed by atoms with Crippen molar-refractivity contribution in [2.45, 2.75) is 33.0 Å². The fourth-order valence-electron chi connectivity index (χ4n) is 1.32. The number of thiazole rings is 1. The van der Waals surface area contributed by atoms with Gasteiger partial charge < -0.3 is 5.32 Å². The van der Waals surface area contributed by atoms with E-state index >= 15 is 0 Å². The topological polar surface area (TPSA) is 42.0 Å². The van der Waals surface area contributed by atoms with Gasteiger partial charge in [-0.15, -0.1) is 11.3 Å². The van der Waals surface area contributed by atoms with E-state index in [1.165, 1.54) is 31.7 Å². The summed E-state index contributed by atoms with van der Waals surface area (Å²) in [5.41, 5.74) is 0.298. The lowest BCUT2D eigenvalue weighted by Gasteiger charge is -2.32. The molecule has 0 unspecified atom stereocenters. The van der Waals surface area contributed by atoms with Gasteiger partial charge in [0.25, 0.3) is 5.91 Å².